The molecule has 8 heteroatoms. The first-order valence-electron chi connectivity index (χ1n) is 7.23. The van der Waals surface area contributed by atoms with Crippen molar-refractivity contribution in [3.05, 3.63) is 47.8 Å². The summed E-state index contributed by atoms with van der Waals surface area (Å²) < 4.78 is 6.16. The van der Waals surface area contributed by atoms with Crippen LogP contribution in [0.3, 0.4) is 0 Å². The lowest BCUT2D eigenvalue weighted by Crippen LogP contribution is -2.12. The van der Waals surface area contributed by atoms with Gasteiger partial charge in [-0.2, -0.15) is 5.10 Å². The number of aromatic nitrogens is 2. The Bertz CT molecular complexity index is 736. The summed E-state index contributed by atoms with van der Waals surface area (Å²) in [6.07, 6.45) is 3.64. The van der Waals surface area contributed by atoms with Gasteiger partial charge in [-0.05, 0) is 30.7 Å². The molecule has 0 aliphatic rings. The van der Waals surface area contributed by atoms with E-state index in [2.05, 4.69) is 15.2 Å². The van der Waals surface area contributed by atoms with Crippen LogP contribution < -0.4 is 5.32 Å². The molecule has 0 unspecified atom stereocenters. The number of aryl methyl sites for hydroxylation is 1. The number of carbonyl (C=O) groups excluding carboxylic acids is 2. The minimum atomic E-state index is -0.855. The highest BCUT2D eigenvalue weighted by atomic mass is 16.5. The molecule has 1 aromatic heterocycles. The molecule has 0 atom stereocenters. The summed E-state index contributed by atoms with van der Waals surface area (Å²) in [4.78, 5) is 33.9. The van der Waals surface area contributed by atoms with E-state index in [4.69, 9.17) is 5.11 Å². The number of hydrogen-bond donors (Lipinski definition) is 2. The smallest absolute Gasteiger partial charge is 0.337 e. The van der Waals surface area contributed by atoms with Crippen LogP contribution in [-0.4, -0.2) is 39.8 Å². The van der Waals surface area contributed by atoms with Crippen LogP contribution >= 0.6 is 0 Å². The van der Waals surface area contributed by atoms with E-state index in [0.29, 0.717) is 29.8 Å². The third kappa shape index (κ3) is 4.67. The zero-order valence-corrected chi connectivity index (χ0v) is 13.1. The molecule has 2 N–H and O–H groups in total. The summed E-state index contributed by atoms with van der Waals surface area (Å²) in [5.41, 5.74) is 1.26. The number of ether oxygens (including phenoxy) is 1. The number of nitrogens with zero attached hydrogens (tertiary/aromatic N) is 2. The molecule has 1 heterocycles. The van der Waals surface area contributed by atoms with Crippen molar-refractivity contribution in [3.63, 3.8) is 0 Å². The van der Waals surface area contributed by atoms with Crippen molar-refractivity contribution in [2.75, 3.05) is 12.4 Å². The van der Waals surface area contributed by atoms with Crippen molar-refractivity contribution in [2.45, 2.75) is 19.4 Å². The maximum Gasteiger partial charge on any atom is 0.337 e. The first-order valence-corrected chi connectivity index (χ1v) is 7.23. The van der Waals surface area contributed by atoms with Crippen molar-refractivity contribution in [3.8, 4) is 0 Å². The molecular formula is C16H17N3O5. The Labute approximate surface area is 138 Å². The van der Waals surface area contributed by atoms with Crippen molar-refractivity contribution in [1.29, 1.82) is 0 Å². The number of hydrogen-bond acceptors (Lipinski definition) is 5. The Morgan fingerprint density at radius 1 is 1.21 bits per heavy atom. The molecule has 0 spiro atoms. The second-order valence-corrected chi connectivity index (χ2v) is 5.01. The third-order valence-electron chi connectivity index (χ3n) is 3.24. The number of esters is 1. The third-order valence-corrected chi connectivity index (χ3v) is 3.24. The summed E-state index contributed by atoms with van der Waals surface area (Å²) in [5, 5.41) is 15.3. The number of carbonyl (C=O) groups is 3. The van der Waals surface area contributed by atoms with Gasteiger partial charge in [0.1, 0.15) is 0 Å². The predicted octanol–water partition coefficient (Wildman–Crippen LogP) is 1.79. The molecule has 2 aromatic rings. The van der Waals surface area contributed by atoms with Crippen molar-refractivity contribution >= 4 is 23.5 Å². The van der Waals surface area contributed by atoms with E-state index >= 15 is 0 Å². The zero-order chi connectivity index (χ0) is 17.5. The minimum absolute atomic E-state index is 0.0636. The lowest BCUT2D eigenvalue weighted by atomic mass is 10.1. The van der Waals surface area contributed by atoms with Crippen molar-refractivity contribution < 1.29 is 24.2 Å². The van der Waals surface area contributed by atoms with Gasteiger partial charge in [0.2, 0.25) is 0 Å². The number of anilines is 1. The molecule has 2 rings (SSSR count). The lowest BCUT2D eigenvalue weighted by molar-refractivity contribution is -0.137. The number of amides is 1. The first-order chi connectivity index (χ1) is 11.5. The van der Waals surface area contributed by atoms with Gasteiger partial charge in [-0.15, -0.1) is 0 Å². The standard InChI is InChI=1S/C16H17N3O5/c1-24-16(23)12-6-4-11(5-7-12)15(22)18-13-9-17-19(10-13)8-2-3-14(20)21/h4-7,9-10H,2-3,8H2,1H3,(H,18,22)(H,20,21). The van der Waals surface area contributed by atoms with Gasteiger partial charge in [-0.1, -0.05) is 0 Å². The monoisotopic (exact) mass is 331 g/mol. The molecule has 0 aliphatic heterocycles. The van der Waals surface area contributed by atoms with Gasteiger partial charge in [0.25, 0.3) is 5.91 Å². The zero-order valence-electron chi connectivity index (χ0n) is 13.1. The predicted molar refractivity (Wildman–Crippen MR) is 84.8 cm³/mol. The number of carboxylic acids is 1. The van der Waals surface area contributed by atoms with E-state index in [1.807, 2.05) is 0 Å². The lowest BCUT2D eigenvalue weighted by Gasteiger charge is -2.04. The SMILES string of the molecule is COC(=O)c1ccc(C(=O)Nc2cnn(CCCC(=O)O)c2)cc1. The second kappa shape index (κ2) is 7.91. The van der Waals surface area contributed by atoms with E-state index in [0.717, 1.165) is 0 Å². The Balaban J connectivity index is 1.93. The molecule has 0 saturated heterocycles. The highest BCUT2D eigenvalue weighted by Crippen LogP contribution is 2.11. The van der Waals surface area contributed by atoms with Crippen LogP contribution in [0.4, 0.5) is 5.69 Å². The summed E-state index contributed by atoms with van der Waals surface area (Å²) in [6.45, 7) is 0.454. The summed E-state index contributed by atoms with van der Waals surface area (Å²) in [7, 11) is 1.29. The molecule has 24 heavy (non-hydrogen) atoms. The fourth-order valence-electron chi connectivity index (χ4n) is 2.02. The molecular weight excluding hydrogens is 314 g/mol. The van der Waals surface area contributed by atoms with Gasteiger partial charge in [0.15, 0.2) is 0 Å². The number of aliphatic carboxylic acids is 1. The molecule has 8 nitrogen and oxygen atoms in total. The maximum atomic E-state index is 12.1. The highest BCUT2D eigenvalue weighted by Gasteiger charge is 2.10. The number of nitrogens with one attached hydrogen (secondary N) is 1. The Morgan fingerprint density at radius 2 is 1.88 bits per heavy atom. The summed E-state index contributed by atoms with van der Waals surface area (Å²) in [5.74, 6) is -1.66. The molecule has 0 radical (unpaired) electrons. The van der Waals surface area contributed by atoms with Gasteiger partial charge >= 0.3 is 11.9 Å². The Morgan fingerprint density at radius 3 is 2.50 bits per heavy atom. The van der Waals surface area contributed by atoms with Crippen LogP contribution in [0.5, 0.6) is 0 Å². The summed E-state index contributed by atoms with van der Waals surface area (Å²) >= 11 is 0. The molecule has 0 bridgehead atoms. The fraction of sp³-hybridized carbons (Fsp3) is 0.250. The van der Waals surface area contributed by atoms with E-state index in [1.165, 1.54) is 37.6 Å². The van der Waals surface area contributed by atoms with Gasteiger partial charge in [-0.3, -0.25) is 14.3 Å². The molecule has 1 amide bonds. The molecule has 0 fully saturated rings. The fourth-order valence-corrected chi connectivity index (χ4v) is 2.02. The van der Waals surface area contributed by atoms with Crippen LogP contribution in [0, 0.1) is 0 Å². The topological polar surface area (TPSA) is 111 Å². The second-order valence-electron chi connectivity index (χ2n) is 5.01. The average molecular weight is 331 g/mol. The van der Waals surface area contributed by atoms with Gasteiger partial charge < -0.3 is 15.2 Å². The van der Waals surface area contributed by atoms with Crippen LogP contribution in [0.2, 0.25) is 0 Å². The molecule has 0 saturated carbocycles. The molecule has 0 aliphatic carbocycles. The number of benzene rings is 1. The Kier molecular flexibility index (Phi) is 5.67. The normalized spacial score (nSPS) is 10.2. The number of methoxy groups -OCH3 is 1. The van der Waals surface area contributed by atoms with E-state index < -0.39 is 11.9 Å². The number of rotatable bonds is 7. The summed E-state index contributed by atoms with van der Waals surface area (Å²) in [6, 6.07) is 6.07. The van der Waals surface area contributed by atoms with Crippen LogP contribution in [0.1, 0.15) is 33.6 Å². The van der Waals surface area contributed by atoms with Crippen LogP contribution in [0.15, 0.2) is 36.7 Å². The van der Waals surface area contributed by atoms with Crippen LogP contribution in [-0.2, 0) is 16.1 Å². The quantitative estimate of drug-likeness (QED) is 0.748. The van der Waals surface area contributed by atoms with E-state index in [1.54, 1.807) is 10.9 Å². The maximum absolute atomic E-state index is 12.1. The number of carboxylic acid groups (broad SMARTS) is 1. The average Bonchev–Trinajstić information content (AvgIpc) is 3.01. The van der Waals surface area contributed by atoms with Crippen molar-refractivity contribution in [1.82, 2.24) is 9.78 Å². The molecule has 1 aromatic carbocycles. The minimum Gasteiger partial charge on any atom is -0.481 e. The van der Waals surface area contributed by atoms with Crippen LogP contribution in [0.25, 0.3) is 0 Å². The highest BCUT2D eigenvalue weighted by molar-refractivity contribution is 6.04. The Hall–Kier alpha value is -3.16. The molecule has 126 valence electrons. The van der Waals surface area contributed by atoms with E-state index in [-0.39, 0.29) is 12.3 Å². The van der Waals surface area contributed by atoms with E-state index in [9.17, 15) is 14.4 Å². The van der Waals surface area contributed by atoms with Gasteiger partial charge in [0.05, 0.1) is 24.6 Å². The van der Waals surface area contributed by atoms with Gasteiger partial charge in [0, 0.05) is 24.7 Å². The first kappa shape index (κ1) is 17.2. The van der Waals surface area contributed by atoms with Crippen molar-refractivity contribution in [2.24, 2.45) is 0 Å². The largest absolute Gasteiger partial charge is 0.481 e. The van der Waals surface area contributed by atoms with Gasteiger partial charge in [-0.25, -0.2) is 4.79 Å².